The minimum Gasteiger partial charge on any atom is -0.396 e. The van der Waals surface area contributed by atoms with E-state index in [2.05, 4.69) is 10.6 Å². The molecule has 1 atom stereocenters. The summed E-state index contributed by atoms with van der Waals surface area (Å²) in [4.78, 5) is 12.0. The quantitative estimate of drug-likeness (QED) is 0.704. The van der Waals surface area contributed by atoms with Crippen molar-refractivity contribution >= 4 is 17.8 Å². The summed E-state index contributed by atoms with van der Waals surface area (Å²) < 4.78 is 0. The molecule has 0 aromatic rings. The molecule has 5 heteroatoms. The average molecular weight is 288 g/mol. The molecular formula is C14H28N2O2S. The molecule has 3 N–H and O–H groups in total. The van der Waals surface area contributed by atoms with Gasteiger partial charge in [0, 0.05) is 24.4 Å². The third kappa shape index (κ3) is 7.67. The number of aliphatic hydroxyl groups is 1. The third-order valence-corrected chi connectivity index (χ3v) is 4.36. The number of nitrogens with one attached hydrogen (secondary N) is 2. The van der Waals surface area contributed by atoms with Gasteiger partial charge >= 0.3 is 6.03 Å². The van der Waals surface area contributed by atoms with Gasteiger partial charge in [-0.15, -0.1) is 0 Å². The van der Waals surface area contributed by atoms with Crippen LogP contribution >= 0.6 is 11.8 Å². The highest BCUT2D eigenvalue weighted by atomic mass is 32.2. The number of urea groups is 1. The third-order valence-electron chi connectivity index (χ3n) is 3.62. The monoisotopic (exact) mass is 288 g/mol. The normalized spacial score (nSPS) is 19.3. The van der Waals surface area contributed by atoms with Gasteiger partial charge in [-0.25, -0.2) is 4.79 Å². The van der Waals surface area contributed by atoms with Gasteiger partial charge in [0.15, 0.2) is 0 Å². The zero-order chi connectivity index (χ0) is 13.9. The number of amides is 2. The molecule has 4 nitrogen and oxygen atoms in total. The lowest BCUT2D eigenvalue weighted by Crippen LogP contribution is -2.47. The lowest BCUT2D eigenvalue weighted by molar-refractivity contribution is 0.225. The lowest BCUT2D eigenvalue weighted by Gasteiger charge is -2.23. The molecule has 0 radical (unpaired) electrons. The maximum absolute atomic E-state index is 12.0. The molecular weight excluding hydrogens is 260 g/mol. The molecule has 2 amide bonds. The van der Waals surface area contributed by atoms with Crippen LogP contribution in [0.4, 0.5) is 4.79 Å². The number of hydrogen-bond donors (Lipinski definition) is 3. The summed E-state index contributed by atoms with van der Waals surface area (Å²) in [5.74, 6) is 0.846. The number of thioether (sulfide) groups is 1. The summed E-state index contributed by atoms with van der Waals surface area (Å²) in [6.07, 6.45) is 11.2. The van der Waals surface area contributed by atoms with Gasteiger partial charge in [-0.3, -0.25) is 0 Å². The zero-order valence-corrected chi connectivity index (χ0v) is 12.8. The van der Waals surface area contributed by atoms with E-state index in [4.69, 9.17) is 5.11 Å². The van der Waals surface area contributed by atoms with E-state index < -0.39 is 0 Å². The Morgan fingerprint density at radius 1 is 1.26 bits per heavy atom. The van der Waals surface area contributed by atoms with E-state index in [1.807, 2.05) is 6.26 Å². The van der Waals surface area contributed by atoms with E-state index in [0.29, 0.717) is 12.5 Å². The second-order valence-corrected chi connectivity index (χ2v) is 6.24. The first-order valence-corrected chi connectivity index (χ1v) is 8.82. The molecule has 112 valence electrons. The van der Waals surface area contributed by atoms with Crippen LogP contribution in [0.5, 0.6) is 0 Å². The molecule has 0 heterocycles. The van der Waals surface area contributed by atoms with Crippen molar-refractivity contribution in [3.8, 4) is 0 Å². The van der Waals surface area contributed by atoms with Crippen molar-refractivity contribution in [3.05, 3.63) is 0 Å². The molecule has 1 rings (SSSR count). The SMILES string of the molecule is CSCC(CCO)NC(=O)NC1CCCCCCC1. The molecule has 1 fully saturated rings. The van der Waals surface area contributed by atoms with E-state index in [-0.39, 0.29) is 18.7 Å². The van der Waals surface area contributed by atoms with Crippen molar-refractivity contribution in [1.82, 2.24) is 10.6 Å². The summed E-state index contributed by atoms with van der Waals surface area (Å²) in [6.45, 7) is 0.120. The largest absolute Gasteiger partial charge is 0.396 e. The van der Waals surface area contributed by atoms with Crippen molar-refractivity contribution < 1.29 is 9.90 Å². The Bertz CT molecular complexity index is 238. The smallest absolute Gasteiger partial charge is 0.315 e. The van der Waals surface area contributed by atoms with Gasteiger partial charge in [0.1, 0.15) is 0 Å². The van der Waals surface area contributed by atoms with Crippen LogP contribution in [-0.2, 0) is 0 Å². The van der Waals surface area contributed by atoms with Crippen LogP contribution in [-0.4, -0.2) is 41.8 Å². The van der Waals surface area contributed by atoms with Crippen molar-refractivity contribution in [1.29, 1.82) is 0 Å². The van der Waals surface area contributed by atoms with Crippen LogP contribution in [0.15, 0.2) is 0 Å². The van der Waals surface area contributed by atoms with Gasteiger partial charge in [-0.1, -0.05) is 32.1 Å². The molecule has 0 aliphatic heterocycles. The Morgan fingerprint density at radius 2 is 1.89 bits per heavy atom. The van der Waals surface area contributed by atoms with Crippen molar-refractivity contribution in [3.63, 3.8) is 0 Å². The van der Waals surface area contributed by atoms with Crippen LogP contribution in [0.25, 0.3) is 0 Å². The van der Waals surface area contributed by atoms with E-state index >= 15 is 0 Å². The highest BCUT2D eigenvalue weighted by Gasteiger charge is 2.16. The Balaban J connectivity index is 2.30. The number of carbonyl (C=O) groups excluding carboxylic acids is 1. The molecule has 0 aromatic heterocycles. The highest BCUT2D eigenvalue weighted by molar-refractivity contribution is 7.98. The summed E-state index contributed by atoms with van der Waals surface area (Å²) in [5, 5.41) is 15.0. The van der Waals surface area contributed by atoms with E-state index in [1.165, 1.54) is 32.1 Å². The Morgan fingerprint density at radius 3 is 2.47 bits per heavy atom. The van der Waals surface area contributed by atoms with Gasteiger partial charge in [-0.2, -0.15) is 11.8 Å². The van der Waals surface area contributed by atoms with Crippen LogP contribution in [0, 0.1) is 0 Å². The molecule has 0 bridgehead atoms. The zero-order valence-electron chi connectivity index (χ0n) is 12.0. The first-order valence-electron chi connectivity index (χ1n) is 7.43. The molecule has 1 aliphatic rings. The highest BCUT2D eigenvalue weighted by Crippen LogP contribution is 2.17. The molecule has 0 saturated heterocycles. The number of aliphatic hydroxyl groups excluding tert-OH is 1. The Hall–Kier alpha value is -0.420. The Kier molecular flexibility index (Phi) is 9.08. The van der Waals surface area contributed by atoms with Gasteiger partial charge in [0.2, 0.25) is 0 Å². The first-order chi connectivity index (χ1) is 9.26. The van der Waals surface area contributed by atoms with Crippen LogP contribution < -0.4 is 10.6 Å². The van der Waals surface area contributed by atoms with Gasteiger partial charge in [0.25, 0.3) is 0 Å². The number of carbonyl (C=O) groups is 1. The average Bonchev–Trinajstić information content (AvgIpc) is 2.33. The van der Waals surface area contributed by atoms with Gasteiger partial charge in [-0.05, 0) is 25.5 Å². The summed E-state index contributed by atoms with van der Waals surface area (Å²) in [6, 6.07) is 0.316. The maximum Gasteiger partial charge on any atom is 0.315 e. The summed E-state index contributed by atoms with van der Waals surface area (Å²) in [5.41, 5.74) is 0. The topological polar surface area (TPSA) is 61.4 Å². The van der Waals surface area contributed by atoms with Crippen LogP contribution in [0.3, 0.4) is 0 Å². The molecule has 0 spiro atoms. The van der Waals surface area contributed by atoms with Crippen LogP contribution in [0.1, 0.15) is 51.4 Å². The fourth-order valence-electron chi connectivity index (χ4n) is 2.57. The fraction of sp³-hybridized carbons (Fsp3) is 0.929. The van der Waals surface area contributed by atoms with Crippen molar-refractivity contribution in [2.24, 2.45) is 0 Å². The summed E-state index contributed by atoms with van der Waals surface area (Å²) >= 11 is 1.69. The van der Waals surface area contributed by atoms with Crippen molar-refractivity contribution in [2.45, 2.75) is 63.5 Å². The van der Waals surface area contributed by atoms with E-state index in [1.54, 1.807) is 11.8 Å². The van der Waals surface area contributed by atoms with Gasteiger partial charge in [0.05, 0.1) is 0 Å². The second kappa shape index (κ2) is 10.4. The van der Waals surface area contributed by atoms with Gasteiger partial charge < -0.3 is 15.7 Å². The standard InChI is InChI=1S/C14H28N2O2S/c1-19-11-13(9-10-17)16-14(18)15-12-7-5-3-2-4-6-8-12/h12-13,17H,2-11H2,1H3,(H2,15,16,18). The Labute approximate surface area is 121 Å². The minimum absolute atomic E-state index is 0.0635. The second-order valence-electron chi connectivity index (χ2n) is 5.32. The van der Waals surface area contributed by atoms with E-state index in [0.717, 1.165) is 18.6 Å². The predicted molar refractivity (Wildman–Crippen MR) is 81.6 cm³/mol. The molecule has 1 unspecified atom stereocenters. The minimum atomic E-state index is -0.0712. The predicted octanol–water partition coefficient (Wildman–Crippen LogP) is 2.51. The number of hydrogen-bond acceptors (Lipinski definition) is 3. The fourth-order valence-corrected chi connectivity index (χ4v) is 3.22. The lowest BCUT2D eigenvalue weighted by atomic mass is 9.97. The molecule has 0 aromatic carbocycles. The molecule has 19 heavy (non-hydrogen) atoms. The summed E-state index contributed by atoms with van der Waals surface area (Å²) in [7, 11) is 0. The van der Waals surface area contributed by atoms with Crippen LogP contribution in [0.2, 0.25) is 0 Å². The van der Waals surface area contributed by atoms with E-state index in [9.17, 15) is 4.79 Å². The van der Waals surface area contributed by atoms with Crippen molar-refractivity contribution in [2.75, 3.05) is 18.6 Å². The first kappa shape index (κ1) is 16.6. The maximum atomic E-state index is 12.0. The number of rotatable bonds is 6. The molecule has 1 saturated carbocycles. The molecule has 1 aliphatic carbocycles.